The van der Waals surface area contributed by atoms with Gasteiger partial charge in [-0.3, -0.25) is 14.1 Å². The summed E-state index contributed by atoms with van der Waals surface area (Å²) in [4.78, 5) is 24.3. The summed E-state index contributed by atoms with van der Waals surface area (Å²) in [5, 5.41) is -2.07. The van der Waals surface area contributed by atoms with Gasteiger partial charge in [0.15, 0.2) is 5.25 Å². The Morgan fingerprint density at radius 1 is 0.469 bits per heavy atom. The predicted octanol–water partition coefficient (Wildman–Crippen LogP) is 7.25. The number of esters is 2. The van der Waals surface area contributed by atoms with Crippen molar-refractivity contribution in [2.45, 2.75) is 154 Å². The van der Waals surface area contributed by atoms with Gasteiger partial charge in [-0.05, 0) is 12.8 Å². The first-order valence-corrected chi connectivity index (χ1v) is 20.4. The van der Waals surface area contributed by atoms with Crippen molar-refractivity contribution in [3.05, 3.63) is 0 Å². The van der Waals surface area contributed by atoms with Crippen molar-refractivity contribution >= 4 is 51.6 Å². The molecule has 0 spiro atoms. The molecule has 0 fully saturated rings. The largest absolute Gasteiger partial charge is 0.463 e. The van der Waals surface area contributed by atoms with Crippen LogP contribution in [0.1, 0.15) is 149 Å². The van der Waals surface area contributed by atoms with Crippen LogP contribution in [0.4, 0.5) is 0 Å². The summed E-state index contributed by atoms with van der Waals surface area (Å²) >= 11 is 0. The summed E-state index contributed by atoms with van der Waals surface area (Å²) in [6.07, 6.45) is 24.4. The number of hydrogen-bond donors (Lipinski definition) is 1. The number of carbonyl (C=O) groups excluding carboxylic acids is 2. The molecule has 0 aromatic carbocycles. The van der Waals surface area contributed by atoms with Crippen LogP contribution in [-0.4, -0.2) is 126 Å². The summed E-state index contributed by atoms with van der Waals surface area (Å²) in [7, 11) is -4.88. The van der Waals surface area contributed by atoms with Gasteiger partial charge in [0.1, 0.15) is 13.2 Å². The summed E-state index contributed by atoms with van der Waals surface area (Å²) in [6.45, 7) is 7.05. The fourth-order valence-corrected chi connectivity index (χ4v) is 5.71. The van der Waals surface area contributed by atoms with Crippen molar-refractivity contribution in [2.75, 3.05) is 66.1 Å². The zero-order valence-electron chi connectivity index (χ0n) is 31.4. The van der Waals surface area contributed by atoms with Gasteiger partial charge in [-0.15, -0.1) is 0 Å². The van der Waals surface area contributed by atoms with Gasteiger partial charge in [-0.1, -0.05) is 129 Å². The Kier molecular flexibility index (Phi) is 40.3. The Bertz CT molecular complexity index is 830. The van der Waals surface area contributed by atoms with E-state index in [1.807, 2.05) is 0 Å². The first kappa shape index (κ1) is 50.8. The minimum atomic E-state index is -4.88. The third-order valence-corrected chi connectivity index (χ3v) is 9.04. The van der Waals surface area contributed by atoms with E-state index in [2.05, 4.69) is 13.8 Å². The third-order valence-electron chi connectivity index (χ3n) is 7.97. The van der Waals surface area contributed by atoms with Crippen LogP contribution in [-0.2, 0) is 48.1 Å². The molecule has 0 bridgehead atoms. The fraction of sp³-hybridized carbons (Fsp3) is 0.944. The maximum Gasteiger partial charge on any atom is 0.327 e. The smallest absolute Gasteiger partial charge is 0.327 e. The number of rotatable bonds is 38. The molecule has 0 heterocycles. The average molecular weight is 734 g/mol. The Hall–Kier alpha value is -0.310. The van der Waals surface area contributed by atoms with E-state index in [1.54, 1.807) is 0 Å². The Morgan fingerprint density at radius 2 is 0.776 bits per heavy atom. The summed E-state index contributed by atoms with van der Waals surface area (Å²) in [5.74, 6) is -2.21. The molecule has 0 rings (SSSR count). The molecule has 49 heavy (non-hydrogen) atoms. The molecule has 13 heteroatoms. The Morgan fingerprint density at radius 3 is 1.14 bits per heavy atom. The molecule has 0 aliphatic rings. The maximum absolute atomic E-state index is 12.2. The minimum absolute atomic E-state index is 0. The van der Waals surface area contributed by atoms with Crippen molar-refractivity contribution < 1.29 is 51.0 Å². The van der Waals surface area contributed by atoms with Gasteiger partial charge in [0.2, 0.25) is 0 Å². The van der Waals surface area contributed by atoms with E-state index in [0.29, 0.717) is 39.6 Å². The van der Waals surface area contributed by atoms with Crippen molar-refractivity contribution in [3.63, 3.8) is 0 Å². The second kappa shape index (κ2) is 38.9. The van der Waals surface area contributed by atoms with Crippen molar-refractivity contribution in [3.8, 4) is 0 Å². The van der Waals surface area contributed by atoms with E-state index in [1.165, 1.54) is 103 Å². The Balaban J connectivity index is 0. The third kappa shape index (κ3) is 37.3. The van der Waals surface area contributed by atoms with E-state index in [0.717, 1.165) is 25.7 Å². The number of hydrogen-bond acceptors (Lipinski definition) is 10. The first-order chi connectivity index (χ1) is 23.3. The van der Waals surface area contributed by atoms with Crippen LogP contribution in [0, 0.1) is 0 Å². The van der Waals surface area contributed by atoms with Crippen LogP contribution < -0.4 is 0 Å². The van der Waals surface area contributed by atoms with Gasteiger partial charge in [0.25, 0.3) is 10.1 Å². The summed E-state index contributed by atoms with van der Waals surface area (Å²) < 4.78 is 64.5. The van der Waals surface area contributed by atoms with Crippen molar-refractivity contribution in [1.29, 1.82) is 0 Å². The molecule has 287 valence electrons. The van der Waals surface area contributed by atoms with Crippen LogP contribution in [0.2, 0.25) is 0 Å². The fourth-order valence-electron chi connectivity index (χ4n) is 5.06. The van der Waals surface area contributed by atoms with E-state index < -0.39 is 33.7 Å². The van der Waals surface area contributed by atoms with Crippen LogP contribution in [0.25, 0.3) is 0 Å². The molecule has 0 amide bonds. The SMILES string of the molecule is CCCCCCCCCCCCOCCOCCOC(=O)CC(C(=O)OCCOCCOCCCCCCCCCCCC)S(=O)(=O)O.[Na]. The van der Waals surface area contributed by atoms with Crippen molar-refractivity contribution in [1.82, 2.24) is 0 Å². The zero-order valence-corrected chi connectivity index (χ0v) is 34.3. The molecule has 0 saturated heterocycles. The normalized spacial score (nSPS) is 12.1. The van der Waals surface area contributed by atoms with Gasteiger partial charge < -0.3 is 28.4 Å². The van der Waals surface area contributed by atoms with Crippen LogP contribution in [0.3, 0.4) is 0 Å². The molecule has 0 aromatic heterocycles. The monoisotopic (exact) mass is 733 g/mol. The minimum Gasteiger partial charge on any atom is -0.463 e. The molecule has 0 aliphatic heterocycles. The van der Waals surface area contributed by atoms with Gasteiger partial charge >= 0.3 is 11.9 Å². The molecule has 0 aromatic rings. The molecule has 0 saturated carbocycles. The quantitative estimate of drug-likeness (QED) is 0.0297. The van der Waals surface area contributed by atoms with Gasteiger partial charge in [0, 0.05) is 42.8 Å². The Labute approximate surface area is 321 Å². The van der Waals surface area contributed by atoms with Crippen LogP contribution in [0.15, 0.2) is 0 Å². The zero-order chi connectivity index (χ0) is 35.4. The number of unbranched alkanes of at least 4 members (excludes halogenated alkanes) is 18. The molecule has 0 aliphatic carbocycles. The topological polar surface area (TPSA) is 144 Å². The molecule has 1 radical (unpaired) electrons. The van der Waals surface area contributed by atoms with Gasteiger partial charge in [-0.2, -0.15) is 8.42 Å². The molecule has 11 nitrogen and oxygen atoms in total. The number of ether oxygens (including phenoxy) is 6. The summed E-state index contributed by atoms with van der Waals surface area (Å²) in [6, 6.07) is 0. The maximum atomic E-state index is 12.2. The van der Waals surface area contributed by atoms with E-state index >= 15 is 0 Å². The average Bonchev–Trinajstić information content (AvgIpc) is 3.05. The van der Waals surface area contributed by atoms with Gasteiger partial charge in [-0.25, -0.2) is 0 Å². The van der Waals surface area contributed by atoms with E-state index in [9.17, 15) is 22.6 Å². The standard InChI is InChI=1S/C36H70O11S.Na/c1-3-5-7-9-11-13-15-17-19-21-23-42-25-27-44-29-31-46-35(37)33-34(48(39,40)41)36(38)47-32-30-45-28-26-43-24-22-20-18-16-14-12-10-8-6-4-2;/h34H,3-33H2,1-2H3,(H,39,40,41);. The van der Waals surface area contributed by atoms with Crippen LogP contribution >= 0.6 is 0 Å². The predicted molar refractivity (Wildman–Crippen MR) is 195 cm³/mol. The van der Waals surface area contributed by atoms with E-state index in [-0.39, 0.29) is 56.0 Å². The van der Waals surface area contributed by atoms with Gasteiger partial charge in [0.05, 0.1) is 46.1 Å². The molecule has 1 N–H and O–H groups in total. The second-order valence-electron chi connectivity index (χ2n) is 12.4. The number of carbonyl (C=O) groups is 2. The molecular formula is C36H70NaO11S. The first-order valence-electron chi connectivity index (χ1n) is 18.9. The van der Waals surface area contributed by atoms with Crippen LogP contribution in [0.5, 0.6) is 0 Å². The summed E-state index contributed by atoms with van der Waals surface area (Å²) in [5.41, 5.74) is 0. The molecule has 1 atom stereocenters. The van der Waals surface area contributed by atoms with Crippen molar-refractivity contribution in [2.24, 2.45) is 0 Å². The molecule has 1 unspecified atom stereocenters. The van der Waals surface area contributed by atoms with E-state index in [4.69, 9.17) is 28.4 Å². The molecular weight excluding hydrogens is 663 g/mol. The second-order valence-corrected chi connectivity index (χ2v) is 14.0.